The summed E-state index contributed by atoms with van der Waals surface area (Å²) in [7, 11) is -2.52. The lowest BCUT2D eigenvalue weighted by Crippen LogP contribution is -2.67. The predicted molar refractivity (Wildman–Crippen MR) is 118 cm³/mol. The molecule has 1 N–H and O–H groups in total. The van der Waals surface area contributed by atoms with Gasteiger partial charge in [0.15, 0.2) is 0 Å². The van der Waals surface area contributed by atoms with Crippen LogP contribution >= 0.6 is 0 Å². The molecule has 4 rings (SSSR count). The van der Waals surface area contributed by atoms with Gasteiger partial charge in [-0.1, -0.05) is 81.4 Å². The third-order valence-corrected chi connectivity index (χ3v) is 11.4. The molecule has 2 aromatic carbocycles. The number of hydrogen-bond acceptors (Lipinski definition) is 4. The second-order valence-corrected chi connectivity index (χ2v) is 13.6. The van der Waals surface area contributed by atoms with E-state index in [4.69, 9.17) is 9.16 Å². The van der Waals surface area contributed by atoms with Crippen LogP contribution in [0.4, 0.5) is 0 Å². The number of esters is 1. The Labute approximate surface area is 174 Å². The minimum absolute atomic E-state index is 0.0276. The van der Waals surface area contributed by atoms with E-state index >= 15 is 0 Å². The van der Waals surface area contributed by atoms with E-state index in [2.05, 4.69) is 86.8 Å². The first kappa shape index (κ1) is 20.3. The maximum Gasteiger partial charge on any atom is 0.307 e. The first-order valence-electron chi connectivity index (χ1n) is 10.6. The summed E-state index contributed by atoms with van der Waals surface area (Å²) in [5.74, 6) is 0.313. The van der Waals surface area contributed by atoms with E-state index < -0.39 is 8.32 Å². The van der Waals surface area contributed by atoms with Gasteiger partial charge < -0.3 is 14.5 Å². The SMILES string of the molecule is CC(C)(C)[Si](OC[C@@H]1C[C@@H]2COC(=O)C[C@@H]2N1)(c1ccccc1)c1ccccc1. The molecule has 2 aromatic rings. The number of fused-ring (bicyclic) bond motifs is 1. The van der Waals surface area contributed by atoms with Gasteiger partial charge in [-0.15, -0.1) is 0 Å². The Balaban J connectivity index is 1.64. The molecule has 0 radical (unpaired) electrons. The number of ether oxygens (including phenoxy) is 1. The summed E-state index contributed by atoms with van der Waals surface area (Å²) in [6.07, 6.45) is 1.47. The molecule has 2 fully saturated rings. The molecule has 2 saturated heterocycles. The fourth-order valence-corrected chi connectivity index (χ4v) is 9.59. The topological polar surface area (TPSA) is 47.6 Å². The molecular formula is C24H31NO3Si. The van der Waals surface area contributed by atoms with Crippen molar-refractivity contribution in [1.29, 1.82) is 0 Å². The molecule has 4 nitrogen and oxygen atoms in total. The van der Waals surface area contributed by atoms with Gasteiger partial charge in [0, 0.05) is 18.0 Å². The Morgan fingerprint density at radius 3 is 2.17 bits per heavy atom. The van der Waals surface area contributed by atoms with Crippen LogP contribution in [0.2, 0.25) is 5.04 Å². The molecule has 0 aliphatic carbocycles. The molecule has 0 unspecified atom stereocenters. The smallest absolute Gasteiger partial charge is 0.307 e. The molecule has 2 heterocycles. The fourth-order valence-electron chi connectivity index (χ4n) is 4.99. The van der Waals surface area contributed by atoms with Crippen LogP contribution < -0.4 is 15.7 Å². The van der Waals surface area contributed by atoms with E-state index in [1.807, 2.05) is 0 Å². The number of carbonyl (C=O) groups is 1. The number of rotatable bonds is 5. The standard InChI is InChI=1S/C24H31NO3Si/c1-24(2,3)29(20-10-6-4-7-11-20,21-12-8-5-9-13-21)28-17-19-14-18-16-27-23(26)15-22(18)25-19/h4-13,18-19,22,25H,14-17H2,1-3H3/t18-,19+,22+/m1/s1. The molecule has 3 atom stereocenters. The highest BCUT2D eigenvalue weighted by atomic mass is 28.4. The van der Waals surface area contributed by atoms with Crippen LogP contribution in [-0.2, 0) is 14.0 Å². The van der Waals surface area contributed by atoms with Gasteiger partial charge in [-0.05, 0) is 21.8 Å². The van der Waals surface area contributed by atoms with Crippen LogP contribution in [-0.4, -0.2) is 39.6 Å². The van der Waals surface area contributed by atoms with Gasteiger partial charge in [-0.3, -0.25) is 4.79 Å². The largest absolute Gasteiger partial charge is 0.465 e. The monoisotopic (exact) mass is 409 g/mol. The summed E-state index contributed by atoms with van der Waals surface area (Å²) in [5.41, 5.74) is 0. The molecule has 154 valence electrons. The highest BCUT2D eigenvalue weighted by Gasteiger charge is 2.51. The van der Waals surface area contributed by atoms with Crippen molar-refractivity contribution in [2.45, 2.75) is 50.7 Å². The first-order valence-corrected chi connectivity index (χ1v) is 12.5. The zero-order valence-corrected chi connectivity index (χ0v) is 18.6. The predicted octanol–water partition coefficient (Wildman–Crippen LogP) is 2.86. The van der Waals surface area contributed by atoms with Crippen LogP contribution in [0.15, 0.2) is 60.7 Å². The van der Waals surface area contributed by atoms with E-state index in [0.717, 1.165) is 6.42 Å². The Morgan fingerprint density at radius 2 is 1.62 bits per heavy atom. The molecule has 0 aromatic heterocycles. The van der Waals surface area contributed by atoms with Crippen molar-refractivity contribution in [2.75, 3.05) is 13.2 Å². The quantitative estimate of drug-likeness (QED) is 0.609. The third kappa shape index (κ3) is 3.91. The van der Waals surface area contributed by atoms with E-state index in [0.29, 0.717) is 25.6 Å². The number of benzene rings is 2. The van der Waals surface area contributed by atoms with E-state index in [1.54, 1.807) is 0 Å². The fraction of sp³-hybridized carbons (Fsp3) is 0.458. The van der Waals surface area contributed by atoms with Crippen molar-refractivity contribution in [1.82, 2.24) is 5.32 Å². The van der Waals surface area contributed by atoms with Crippen molar-refractivity contribution < 1.29 is 14.0 Å². The molecule has 0 bridgehead atoms. The Bertz CT molecular complexity index is 795. The number of carbonyl (C=O) groups excluding carboxylic acids is 1. The first-order chi connectivity index (χ1) is 13.9. The van der Waals surface area contributed by atoms with Crippen LogP contribution in [0.1, 0.15) is 33.6 Å². The van der Waals surface area contributed by atoms with Gasteiger partial charge >= 0.3 is 5.97 Å². The average Bonchev–Trinajstić information content (AvgIpc) is 3.11. The molecule has 0 saturated carbocycles. The van der Waals surface area contributed by atoms with E-state index in [-0.39, 0.29) is 23.1 Å². The van der Waals surface area contributed by atoms with E-state index in [1.165, 1.54) is 10.4 Å². The highest BCUT2D eigenvalue weighted by molar-refractivity contribution is 6.99. The van der Waals surface area contributed by atoms with E-state index in [9.17, 15) is 4.79 Å². The summed E-state index contributed by atoms with van der Waals surface area (Å²) in [6.45, 7) is 8.08. The Morgan fingerprint density at radius 1 is 1.03 bits per heavy atom. The maximum absolute atomic E-state index is 11.6. The minimum atomic E-state index is -2.52. The van der Waals surface area contributed by atoms with Crippen molar-refractivity contribution in [2.24, 2.45) is 5.92 Å². The molecule has 2 aliphatic heterocycles. The lowest BCUT2D eigenvalue weighted by Gasteiger charge is -2.43. The van der Waals surface area contributed by atoms with Crippen LogP contribution in [0.5, 0.6) is 0 Å². The summed E-state index contributed by atoms with van der Waals surface area (Å²) < 4.78 is 12.3. The Hall–Kier alpha value is -1.95. The van der Waals surface area contributed by atoms with Crippen molar-refractivity contribution in [3.63, 3.8) is 0 Å². The lowest BCUT2D eigenvalue weighted by molar-refractivity contribution is -0.150. The van der Waals surface area contributed by atoms with Gasteiger partial charge in [-0.25, -0.2) is 0 Å². The zero-order valence-electron chi connectivity index (χ0n) is 17.6. The summed E-state index contributed by atoms with van der Waals surface area (Å²) in [6, 6.07) is 21.9. The van der Waals surface area contributed by atoms with Crippen molar-refractivity contribution in [3.05, 3.63) is 60.7 Å². The third-order valence-electron chi connectivity index (χ3n) is 6.37. The second-order valence-electron chi connectivity index (χ2n) is 9.33. The summed E-state index contributed by atoms with van der Waals surface area (Å²) in [5, 5.41) is 6.22. The average molecular weight is 410 g/mol. The molecule has 29 heavy (non-hydrogen) atoms. The molecule has 5 heteroatoms. The van der Waals surface area contributed by atoms with Gasteiger partial charge in [0.2, 0.25) is 0 Å². The number of hydrogen-bond donors (Lipinski definition) is 1. The number of nitrogens with one attached hydrogen (secondary N) is 1. The summed E-state index contributed by atoms with van der Waals surface area (Å²) in [4.78, 5) is 11.6. The van der Waals surface area contributed by atoms with Gasteiger partial charge in [0.25, 0.3) is 8.32 Å². The van der Waals surface area contributed by atoms with Gasteiger partial charge in [0.05, 0.1) is 19.6 Å². The van der Waals surface area contributed by atoms with Crippen LogP contribution in [0, 0.1) is 5.92 Å². The highest BCUT2D eigenvalue weighted by Crippen LogP contribution is 2.37. The van der Waals surface area contributed by atoms with Gasteiger partial charge in [-0.2, -0.15) is 0 Å². The minimum Gasteiger partial charge on any atom is -0.465 e. The maximum atomic E-state index is 11.6. The lowest BCUT2D eigenvalue weighted by atomic mass is 9.96. The van der Waals surface area contributed by atoms with Gasteiger partial charge in [0.1, 0.15) is 0 Å². The molecule has 0 amide bonds. The molecule has 2 aliphatic rings. The van der Waals surface area contributed by atoms with Crippen molar-refractivity contribution in [3.8, 4) is 0 Å². The van der Waals surface area contributed by atoms with Crippen molar-refractivity contribution >= 4 is 24.7 Å². The molecule has 0 spiro atoms. The second kappa shape index (κ2) is 8.05. The number of cyclic esters (lactones) is 1. The molecular weight excluding hydrogens is 378 g/mol. The van der Waals surface area contributed by atoms with Crippen LogP contribution in [0.3, 0.4) is 0 Å². The zero-order chi connectivity index (χ0) is 20.5. The normalized spacial score (nSPS) is 24.8. The summed E-state index contributed by atoms with van der Waals surface area (Å²) >= 11 is 0. The van der Waals surface area contributed by atoms with Crippen LogP contribution in [0.25, 0.3) is 0 Å². The Kier molecular flexibility index (Phi) is 5.64.